The molecular formula is C15H22FN3O2. The van der Waals surface area contributed by atoms with E-state index in [1.54, 1.807) is 0 Å². The number of nitrogens with zero attached hydrogens (tertiary/aromatic N) is 2. The summed E-state index contributed by atoms with van der Waals surface area (Å²) in [7, 11) is 0. The van der Waals surface area contributed by atoms with Crippen LogP contribution in [0.25, 0.3) is 0 Å². The van der Waals surface area contributed by atoms with E-state index in [1.165, 1.54) is 6.07 Å². The van der Waals surface area contributed by atoms with Gasteiger partial charge in [0, 0.05) is 24.8 Å². The molecule has 0 radical (unpaired) electrons. The first-order valence-electron chi connectivity index (χ1n) is 7.29. The van der Waals surface area contributed by atoms with Gasteiger partial charge in [-0.15, -0.1) is 0 Å². The van der Waals surface area contributed by atoms with E-state index in [-0.39, 0.29) is 11.3 Å². The van der Waals surface area contributed by atoms with Gasteiger partial charge in [0.05, 0.1) is 11.3 Å². The van der Waals surface area contributed by atoms with E-state index in [0.29, 0.717) is 18.3 Å². The number of anilines is 2. The highest BCUT2D eigenvalue weighted by molar-refractivity contribution is 5.95. The highest BCUT2D eigenvalue weighted by atomic mass is 19.1. The highest BCUT2D eigenvalue weighted by Gasteiger charge is 2.28. The van der Waals surface area contributed by atoms with Crippen molar-refractivity contribution in [1.82, 2.24) is 4.90 Å². The van der Waals surface area contributed by atoms with Gasteiger partial charge in [-0.1, -0.05) is 13.8 Å². The molecule has 1 saturated heterocycles. The Kier molecular flexibility index (Phi) is 4.67. The third-order valence-corrected chi connectivity index (χ3v) is 4.18. The molecular weight excluding hydrogens is 273 g/mol. The molecule has 0 bridgehead atoms. The number of likely N-dealkylation sites (N-methyl/N-ethyl adjacent to an activating group) is 1. The first-order chi connectivity index (χ1) is 9.97. The quantitative estimate of drug-likeness (QED) is 0.813. The molecule has 2 rings (SSSR count). The smallest absolute Gasteiger partial charge is 0.337 e. The van der Waals surface area contributed by atoms with Gasteiger partial charge in [0.2, 0.25) is 0 Å². The summed E-state index contributed by atoms with van der Waals surface area (Å²) in [6.07, 6.45) is 0.952. The van der Waals surface area contributed by atoms with Crippen molar-refractivity contribution in [2.75, 3.05) is 36.8 Å². The molecule has 0 aliphatic carbocycles. The van der Waals surface area contributed by atoms with Crippen molar-refractivity contribution < 1.29 is 14.3 Å². The van der Waals surface area contributed by atoms with E-state index in [4.69, 9.17) is 10.8 Å². The Morgan fingerprint density at radius 1 is 1.48 bits per heavy atom. The van der Waals surface area contributed by atoms with Crippen LogP contribution in [0.3, 0.4) is 0 Å². The zero-order chi connectivity index (χ0) is 15.6. The summed E-state index contributed by atoms with van der Waals surface area (Å²) in [5.41, 5.74) is 5.81. The van der Waals surface area contributed by atoms with Gasteiger partial charge in [0.1, 0.15) is 5.82 Å². The van der Waals surface area contributed by atoms with Crippen LogP contribution >= 0.6 is 0 Å². The number of nitrogen functional groups attached to an aromatic ring is 1. The molecule has 1 aliphatic rings. The molecule has 6 heteroatoms. The van der Waals surface area contributed by atoms with E-state index in [1.807, 2.05) is 4.90 Å². The van der Waals surface area contributed by atoms with E-state index in [2.05, 4.69) is 18.7 Å². The molecule has 1 aliphatic heterocycles. The van der Waals surface area contributed by atoms with Crippen LogP contribution in [0.15, 0.2) is 12.1 Å². The number of carboxylic acids is 1. The average molecular weight is 295 g/mol. The SMILES string of the molecule is CCN(CC)C1CCN(c2cc(C(=O)O)c(N)cc2F)C1. The minimum atomic E-state index is -1.13. The number of hydrogen-bond donors (Lipinski definition) is 2. The van der Waals surface area contributed by atoms with Crippen LogP contribution in [0.1, 0.15) is 30.6 Å². The van der Waals surface area contributed by atoms with Crippen LogP contribution in [-0.2, 0) is 0 Å². The fourth-order valence-electron chi connectivity index (χ4n) is 3.00. The highest BCUT2D eigenvalue weighted by Crippen LogP contribution is 2.29. The maximum Gasteiger partial charge on any atom is 0.337 e. The first kappa shape index (κ1) is 15.6. The Morgan fingerprint density at radius 2 is 2.14 bits per heavy atom. The van der Waals surface area contributed by atoms with Gasteiger partial charge in [0.25, 0.3) is 0 Å². The zero-order valence-corrected chi connectivity index (χ0v) is 12.5. The van der Waals surface area contributed by atoms with Crippen molar-refractivity contribution in [2.45, 2.75) is 26.3 Å². The van der Waals surface area contributed by atoms with Crippen molar-refractivity contribution in [3.05, 3.63) is 23.5 Å². The lowest BCUT2D eigenvalue weighted by atomic mass is 10.1. The molecule has 0 saturated carbocycles. The minimum Gasteiger partial charge on any atom is -0.478 e. The first-order valence-corrected chi connectivity index (χ1v) is 7.29. The number of halogens is 1. The summed E-state index contributed by atoms with van der Waals surface area (Å²) in [5.74, 6) is -1.59. The normalized spacial score (nSPS) is 18.5. The van der Waals surface area contributed by atoms with Gasteiger partial charge >= 0.3 is 5.97 Å². The molecule has 1 aromatic carbocycles. The molecule has 1 atom stereocenters. The summed E-state index contributed by atoms with van der Waals surface area (Å²) in [6, 6.07) is 2.83. The molecule has 3 N–H and O–H groups in total. The summed E-state index contributed by atoms with van der Waals surface area (Å²) in [4.78, 5) is 15.4. The second-order valence-electron chi connectivity index (χ2n) is 5.31. The fraction of sp³-hybridized carbons (Fsp3) is 0.533. The second-order valence-corrected chi connectivity index (χ2v) is 5.31. The fourth-order valence-corrected chi connectivity index (χ4v) is 3.00. The van der Waals surface area contributed by atoms with E-state index in [0.717, 1.165) is 32.1 Å². The van der Waals surface area contributed by atoms with Gasteiger partial charge in [0.15, 0.2) is 0 Å². The molecule has 1 aromatic rings. The maximum atomic E-state index is 14.1. The summed E-state index contributed by atoms with van der Waals surface area (Å²) in [5, 5.41) is 9.11. The summed E-state index contributed by atoms with van der Waals surface area (Å²) >= 11 is 0. The van der Waals surface area contributed by atoms with Crippen LogP contribution in [-0.4, -0.2) is 48.2 Å². The molecule has 1 heterocycles. The molecule has 1 unspecified atom stereocenters. The molecule has 5 nitrogen and oxygen atoms in total. The van der Waals surface area contributed by atoms with Crippen molar-refractivity contribution in [1.29, 1.82) is 0 Å². The molecule has 0 aromatic heterocycles. The number of rotatable bonds is 5. The van der Waals surface area contributed by atoms with Gasteiger partial charge in [-0.2, -0.15) is 0 Å². The Balaban J connectivity index is 2.23. The Labute approximate surface area is 124 Å². The van der Waals surface area contributed by atoms with Crippen LogP contribution in [0, 0.1) is 5.82 Å². The average Bonchev–Trinajstić information content (AvgIpc) is 2.89. The molecule has 0 amide bonds. The van der Waals surface area contributed by atoms with Crippen molar-refractivity contribution >= 4 is 17.3 Å². The van der Waals surface area contributed by atoms with Gasteiger partial charge in [-0.05, 0) is 31.6 Å². The van der Waals surface area contributed by atoms with Gasteiger partial charge in [-0.3, -0.25) is 4.90 Å². The van der Waals surface area contributed by atoms with Crippen LogP contribution in [0.4, 0.5) is 15.8 Å². The van der Waals surface area contributed by atoms with Crippen molar-refractivity contribution in [3.63, 3.8) is 0 Å². The summed E-state index contributed by atoms with van der Waals surface area (Å²) < 4.78 is 14.1. The molecule has 0 spiro atoms. The Morgan fingerprint density at radius 3 is 2.71 bits per heavy atom. The lowest BCUT2D eigenvalue weighted by molar-refractivity contribution is 0.0698. The minimum absolute atomic E-state index is 0.0387. The lowest BCUT2D eigenvalue weighted by Gasteiger charge is -2.27. The lowest BCUT2D eigenvalue weighted by Crippen LogP contribution is -2.37. The van der Waals surface area contributed by atoms with E-state index in [9.17, 15) is 9.18 Å². The number of benzene rings is 1. The van der Waals surface area contributed by atoms with Gasteiger partial charge in [-0.25, -0.2) is 9.18 Å². The monoisotopic (exact) mass is 295 g/mol. The zero-order valence-electron chi connectivity index (χ0n) is 12.5. The Hall–Kier alpha value is -1.82. The van der Waals surface area contributed by atoms with Crippen LogP contribution in [0.5, 0.6) is 0 Å². The molecule has 21 heavy (non-hydrogen) atoms. The molecule has 116 valence electrons. The number of nitrogens with two attached hydrogens (primary N) is 1. The summed E-state index contributed by atoms with van der Waals surface area (Å²) in [6.45, 7) is 7.57. The Bertz CT molecular complexity index is 532. The number of carboxylic acid groups (broad SMARTS) is 1. The third kappa shape index (κ3) is 3.10. The number of hydrogen-bond acceptors (Lipinski definition) is 4. The van der Waals surface area contributed by atoms with E-state index < -0.39 is 11.8 Å². The van der Waals surface area contributed by atoms with Crippen molar-refractivity contribution in [2.24, 2.45) is 0 Å². The third-order valence-electron chi connectivity index (χ3n) is 4.18. The predicted molar refractivity (Wildman–Crippen MR) is 81.3 cm³/mol. The standard InChI is InChI=1S/C15H22FN3O2/c1-3-18(4-2)10-5-6-19(9-10)14-7-11(15(20)21)13(17)8-12(14)16/h7-8,10H,3-6,9,17H2,1-2H3,(H,20,21). The van der Waals surface area contributed by atoms with Gasteiger partial charge < -0.3 is 15.7 Å². The number of aromatic carboxylic acids is 1. The van der Waals surface area contributed by atoms with E-state index >= 15 is 0 Å². The number of carbonyl (C=O) groups is 1. The predicted octanol–water partition coefficient (Wildman–Crippen LogP) is 2.03. The second kappa shape index (κ2) is 6.30. The maximum absolute atomic E-state index is 14.1. The van der Waals surface area contributed by atoms with Crippen LogP contribution in [0.2, 0.25) is 0 Å². The topological polar surface area (TPSA) is 69.8 Å². The van der Waals surface area contributed by atoms with Crippen molar-refractivity contribution in [3.8, 4) is 0 Å². The largest absolute Gasteiger partial charge is 0.478 e. The molecule has 1 fully saturated rings. The van der Waals surface area contributed by atoms with Crippen LogP contribution < -0.4 is 10.6 Å².